The highest BCUT2D eigenvalue weighted by Gasteiger charge is 2.07. The molecule has 0 radical (unpaired) electrons. The molecule has 0 aromatic heterocycles. The largest absolute Gasteiger partial charge is 0.375 e. The molecule has 0 aliphatic heterocycles. The highest BCUT2D eigenvalue weighted by Crippen LogP contribution is 2.25. The van der Waals surface area contributed by atoms with Crippen LogP contribution in [0.3, 0.4) is 0 Å². The van der Waals surface area contributed by atoms with Gasteiger partial charge in [-0.15, -0.1) is 0 Å². The molecule has 0 aliphatic carbocycles. The number of likely N-dealkylation sites (N-methyl/N-ethyl adjacent to an activating group) is 1. The van der Waals surface area contributed by atoms with Crippen LogP contribution in [0, 0.1) is 0 Å². The fourth-order valence-corrected chi connectivity index (χ4v) is 1.86. The first kappa shape index (κ1) is 13.3. The number of rotatable bonds is 4. The summed E-state index contributed by atoms with van der Waals surface area (Å²) in [5.74, 6) is 0.0430. The minimum absolute atomic E-state index is 0.0430. The van der Waals surface area contributed by atoms with Crippen molar-refractivity contribution in [3.05, 3.63) is 27.7 Å². The van der Waals surface area contributed by atoms with Gasteiger partial charge in [0.25, 0.3) is 0 Å². The molecular formula is C11H14BrClN2O. The van der Waals surface area contributed by atoms with Crippen molar-refractivity contribution in [3.8, 4) is 0 Å². The molecule has 0 unspecified atom stereocenters. The predicted molar refractivity (Wildman–Crippen MR) is 71.0 cm³/mol. The van der Waals surface area contributed by atoms with Gasteiger partial charge in [-0.05, 0) is 25.1 Å². The fourth-order valence-electron chi connectivity index (χ4n) is 1.11. The lowest BCUT2D eigenvalue weighted by Crippen LogP contribution is -2.31. The van der Waals surface area contributed by atoms with Crippen molar-refractivity contribution in [3.63, 3.8) is 0 Å². The number of carbonyl (C=O) groups is 1. The van der Waals surface area contributed by atoms with E-state index in [0.717, 1.165) is 10.2 Å². The van der Waals surface area contributed by atoms with E-state index in [-0.39, 0.29) is 12.5 Å². The normalized spacial score (nSPS) is 10.0. The Labute approximate surface area is 109 Å². The Bertz CT molecular complexity index is 384. The summed E-state index contributed by atoms with van der Waals surface area (Å²) >= 11 is 9.33. The van der Waals surface area contributed by atoms with Gasteiger partial charge in [0.15, 0.2) is 0 Å². The van der Waals surface area contributed by atoms with Gasteiger partial charge in [0.05, 0.1) is 17.3 Å². The summed E-state index contributed by atoms with van der Waals surface area (Å²) < 4.78 is 0.917. The molecule has 16 heavy (non-hydrogen) atoms. The van der Waals surface area contributed by atoms with Crippen LogP contribution in [0.2, 0.25) is 5.02 Å². The van der Waals surface area contributed by atoms with Crippen LogP contribution in [-0.2, 0) is 4.79 Å². The van der Waals surface area contributed by atoms with Crippen LogP contribution in [0.15, 0.2) is 22.7 Å². The third-order valence-corrected chi connectivity index (χ3v) is 3.07. The number of hydrogen-bond donors (Lipinski definition) is 1. The van der Waals surface area contributed by atoms with Crippen molar-refractivity contribution in [2.24, 2.45) is 0 Å². The average Bonchev–Trinajstić information content (AvgIpc) is 2.26. The first-order valence-corrected chi connectivity index (χ1v) is 6.14. The van der Waals surface area contributed by atoms with E-state index in [1.165, 1.54) is 0 Å². The number of amides is 1. The van der Waals surface area contributed by atoms with Crippen LogP contribution in [0.4, 0.5) is 5.69 Å². The lowest BCUT2D eigenvalue weighted by atomic mass is 10.3. The smallest absolute Gasteiger partial charge is 0.241 e. The second-order valence-electron chi connectivity index (χ2n) is 3.39. The van der Waals surface area contributed by atoms with Gasteiger partial charge in [-0.25, -0.2) is 0 Å². The first-order chi connectivity index (χ1) is 7.54. The Morgan fingerprint density at radius 1 is 1.56 bits per heavy atom. The van der Waals surface area contributed by atoms with Gasteiger partial charge in [-0.1, -0.05) is 27.5 Å². The summed E-state index contributed by atoms with van der Waals surface area (Å²) in [4.78, 5) is 13.2. The second-order valence-corrected chi connectivity index (χ2v) is 4.71. The molecule has 0 saturated carbocycles. The quantitative estimate of drug-likeness (QED) is 0.927. The molecule has 0 bridgehead atoms. The number of carbonyl (C=O) groups excluding carboxylic acids is 1. The molecule has 0 fully saturated rings. The molecule has 0 saturated heterocycles. The van der Waals surface area contributed by atoms with Gasteiger partial charge in [-0.3, -0.25) is 4.79 Å². The van der Waals surface area contributed by atoms with E-state index in [4.69, 9.17) is 11.6 Å². The second kappa shape index (κ2) is 6.11. The summed E-state index contributed by atoms with van der Waals surface area (Å²) in [7, 11) is 1.77. The van der Waals surface area contributed by atoms with E-state index in [0.29, 0.717) is 11.6 Å². The van der Waals surface area contributed by atoms with E-state index < -0.39 is 0 Å². The van der Waals surface area contributed by atoms with Crippen molar-refractivity contribution in [1.82, 2.24) is 4.90 Å². The molecule has 5 heteroatoms. The Morgan fingerprint density at radius 3 is 2.81 bits per heavy atom. The minimum atomic E-state index is 0.0430. The third kappa shape index (κ3) is 3.68. The molecule has 88 valence electrons. The highest BCUT2D eigenvalue weighted by atomic mass is 79.9. The fraction of sp³-hybridized carbons (Fsp3) is 0.364. The van der Waals surface area contributed by atoms with Crippen molar-refractivity contribution in [2.75, 3.05) is 25.5 Å². The molecule has 0 atom stereocenters. The molecule has 1 rings (SSSR count). The van der Waals surface area contributed by atoms with Crippen molar-refractivity contribution in [1.29, 1.82) is 0 Å². The van der Waals surface area contributed by atoms with Crippen LogP contribution in [-0.4, -0.2) is 30.9 Å². The number of nitrogens with zero attached hydrogens (tertiary/aromatic N) is 1. The minimum Gasteiger partial charge on any atom is -0.375 e. The molecule has 1 aromatic carbocycles. The maximum atomic E-state index is 11.5. The number of nitrogens with one attached hydrogen (secondary N) is 1. The zero-order valence-corrected chi connectivity index (χ0v) is 11.6. The van der Waals surface area contributed by atoms with E-state index in [9.17, 15) is 4.79 Å². The zero-order valence-electron chi connectivity index (χ0n) is 9.26. The number of halogens is 2. The van der Waals surface area contributed by atoms with Crippen molar-refractivity contribution >= 4 is 39.1 Å². The topological polar surface area (TPSA) is 32.3 Å². The molecule has 0 aliphatic rings. The molecule has 1 aromatic rings. The molecule has 0 spiro atoms. The lowest BCUT2D eigenvalue weighted by molar-refractivity contribution is -0.127. The Morgan fingerprint density at radius 2 is 2.25 bits per heavy atom. The van der Waals surface area contributed by atoms with Gasteiger partial charge in [0.2, 0.25) is 5.91 Å². The average molecular weight is 306 g/mol. The summed E-state index contributed by atoms with van der Waals surface area (Å²) in [6.07, 6.45) is 0. The predicted octanol–water partition coefficient (Wildman–Crippen LogP) is 2.99. The summed E-state index contributed by atoms with van der Waals surface area (Å²) in [5.41, 5.74) is 0.766. The van der Waals surface area contributed by atoms with Gasteiger partial charge >= 0.3 is 0 Å². The van der Waals surface area contributed by atoms with E-state index in [2.05, 4.69) is 21.2 Å². The summed E-state index contributed by atoms with van der Waals surface area (Å²) in [6.45, 7) is 2.89. The lowest BCUT2D eigenvalue weighted by Gasteiger charge is -2.15. The van der Waals surface area contributed by atoms with Gasteiger partial charge in [0, 0.05) is 18.1 Å². The zero-order chi connectivity index (χ0) is 12.1. The monoisotopic (exact) mass is 304 g/mol. The van der Waals surface area contributed by atoms with E-state index in [1.54, 1.807) is 18.0 Å². The van der Waals surface area contributed by atoms with Crippen molar-refractivity contribution < 1.29 is 4.79 Å². The first-order valence-electron chi connectivity index (χ1n) is 4.97. The number of benzene rings is 1. The van der Waals surface area contributed by atoms with Crippen LogP contribution >= 0.6 is 27.5 Å². The molecular weight excluding hydrogens is 291 g/mol. The molecule has 0 heterocycles. The third-order valence-electron chi connectivity index (χ3n) is 2.26. The Balaban J connectivity index is 2.58. The van der Waals surface area contributed by atoms with Crippen LogP contribution in [0.5, 0.6) is 0 Å². The van der Waals surface area contributed by atoms with Crippen LogP contribution in [0.25, 0.3) is 0 Å². The number of anilines is 1. The number of hydrogen-bond acceptors (Lipinski definition) is 2. The van der Waals surface area contributed by atoms with E-state index >= 15 is 0 Å². The standard InChI is InChI=1S/C11H14BrClN2O/c1-3-15(2)11(16)7-14-10-5-4-8(12)6-9(10)13/h4-6,14H,3,7H2,1-2H3. The molecule has 1 amide bonds. The maximum Gasteiger partial charge on any atom is 0.241 e. The Hall–Kier alpha value is -0.740. The highest BCUT2D eigenvalue weighted by molar-refractivity contribution is 9.10. The molecule has 1 N–H and O–H groups in total. The van der Waals surface area contributed by atoms with Crippen LogP contribution in [0.1, 0.15) is 6.92 Å². The Kier molecular flexibility index (Phi) is 5.09. The van der Waals surface area contributed by atoms with Gasteiger partial charge in [-0.2, -0.15) is 0 Å². The van der Waals surface area contributed by atoms with Crippen molar-refractivity contribution in [2.45, 2.75) is 6.92 Å². The molecule has 3 nitrogen and oxygen atoms in total. The summed E-state index contributed by atoms with van der Waals surface area (Å²) in [5, 5.41) is 3.61. The summed E-state index contributed by atoms with van der Waals surface area (Å²) in [6, 6.07) is 5.51. The maximum absolute atomic E-state index is 11.5. The van der Waals surface area contributed by atoms with E-state index in [1.807, 2.05) is 19.1 Å². The van der Waals surface area contributed by atoms with Gasteiger partial charge < -0.3 is 10.2 Å². The SMILES string of the molecule is CCN(C)C(=O)CNc1ccc(Br)cc1Cl. The van der Waals surface area contributed by atoms with Crippen LogP contribution < -0.4 is 5.32 Å². The van der Waals surface area contributed by atoms with Gasteiger partial charge in [0.1, 0.15) is 0 Å².